The van der Waals surface area contributed by atoms with Crippen LogP contribution in [-0.2, 0) is 0 Å². The lowest BCUT2D eigenvalue weighted by atomic mass is 10.1. The Labute approximate surface area is 112 Å². The number of nitro benzene ring substituents is 1. The first-order valence-electron chi connectivity index (χ1n) is 6.59. The van der Waals surface area contributed by atoms with E-state index in [2.05, 4.69) is 10.6 Å². The minimum atomic E-state index is -0.369. The van der Waals surface area contributed by atoms with Gasteiger partial charge in [0.2, 0.25) is 0 Å². The van der Waals surface area contributed by atoms with Crippen molar-refractivity contribution in [3.8, 4) is 5.75 Å². The van der Waals surface area contributed by atoms with E-state index in [1.165, 1.54) is 6.07 Å². The van der Waals surface area contributed by atoms with Crippen LogP contribution in [0.4, 0.5) is 11.4 Å². The monoisotopic (exact) mass is 265 g/mol. The highest BCUT2D eigenvalue weighted by Crippen LogP contribution is 2.30. The molecule has 0 unspecified atom stereocenters. The molecule has 1 aromatic rings. The summed E-state index contributed by atoms with van der Waals surface area (Å²) in [4.78, 5) is 10.7. The Kier molecular flexibility index (Phi) is 4.57. The van der Waals surface area contributed by atoms with Crippen LogP contribution in [0.3, 0.4) is 0 Å². The molecule has 0 radical (unpaired) electrons. The number of rotatable bonds is 5. The molecule has 0 saturated carbocycles. The first kappa shape index (κ1) is 13.6. The number of nitrogens with one attached hydrogen (secondary N) is 2. The predicted molar refractivity (Wildman–Crippen MR) is 73.8 cm³/mol. The largest absolute Gasteiger partial charge is 0.494 e. The van der Waals surface area contributed by atoms with Crippen molar-refractivity contribution in [3.63, 3.8) is 0 Å². The lowest BCUT2D eigenvalue weighted by molar-refractivity contribution is -0.384. The van der Waals surface area contributed by atoms with E-state index in [9.17, 15) is 10.1 Å². The highest BCUT2D eigenvalue weighted by atomic mass is 16.6. The topological polar surface area (TPSA) is 76.4 Å². The summed E-state index contributed by atoms with van der Waals surface area (Å²) < 4.78 is 5.30. The van der Waals surface area contributed by atoms with E-state index in [1.54, 1.807) is 12.1 Å². The quantitative estimate of drug-likeness (QED) is 0.630. The average molecular weight is 265 g/mol. The maximum Gasteiger partial charge on any atom is 0.296 e. The number of ether oxygens (including phenoxy) is 1. The summed E-state index contributed by atoms with van der Waals surface area (Å²) in [5, 5.41) is 17.7. The standard InChI is InChI=1S/C13H19N3O3/c1-2-19-11-3-4-12(13(9-11)16(17)18)15-10-5-7-14-8-6-10/h3-4,9-10,14-15H,2,5-8H2,1H3. The van der Waals surface area contributed by atoms with E-state index in [4.69, 9.17) is 4.74 Å². The highest BCUT2D eigenvalue weighted by molar-refractivity contribution is 5.64. The van der Waals surface area contributed by atoms with Crippen LogP contribution < -0.4 is 15.4 Å². The number of hydrogen-bond donors (Lipinski definition) is 2. The Balaban J connectivity index is 2.15. The van der Waals surface area contributed by atoms with Gasteiger partial charge in [0.15, 0.2) is 0 Å². The number of piperidine rings is 1. The molecule has 1 aliphatic rings. The zero-order valence-electron chi connectivity index (χ0n) is 11.0. The van der Waals surface area contributed by atoms with Gasteiger partial charge in [0.05, 0.1) is 17.6 Å². The Hall–Kier alpha value is -1.82. The minimum Gasteiger partial charge on any atom is -0.494 e. The van der Waals surface area contributed by atoms with Gasteiger partial charge in [-0.3, -0.25) is 10.1 Å². The first-order chi connectivity index (χ1) is 9.20. The lowest BCUT2D eigenvalue weighted by Gasteiger charge is -2.24. The molecule has 1 aromatic carbocycles. The van der Waals surface area contributed by atoms with E-state index < -0.39 is 0 Å². The second-order valence-corrected chi connectivity index (χ2v) is 4.54. The third kappa shape index (κ3) is 3.57. The van der Waals surface area contributed by atoms with E-state index in [1.807, 2.05) is 6.92 Å². The molecule has 6 heteroatoms. The molecule has 0 amide bonds. The van der Waals surface area contributed by atoms with Crippen LogP contribution in [0.1, 0.15) is 19.8 Å². The van der Waals surface area contributed by atoms with Crippen LogP contribution in [0.5, 0.6) is 5.75 Å². The molecule has 19 heavy (non-hydrogen) atoms. The molecule has 1 heterocycles. The molecule has 0 aromatic heterocycles. The number of nitro groups is 1. The molecule has 2 N–H and O–H groups in total. The number of benzene rings is 1. The van der Waals surface area contributed by atoms with Gasteiger partial charge in [0.25, 0.3) is 5.69 Å². The molecule has 0 bridgehead atoms. The Bertz CT molecular complexity index is 445. The highest BCUT2D eigenvalue weighted by Gasteiger charge is 2.19. The molecule has 6 nitrogen and oxygen atoms in total. The third-order valence-corrected chi connectivity index (χ3v) is 3.18. The molecule has 0 aliphatic carbocycles. The summed E-state index contributed by atoms with van der Waals surface area (Å²) in [7, 11) is 0. The molecule has 1 aliphatic heterocycles. The summed E-state index contributed by atoms with van der Waals surface area (Å²) in [6.45, 7) is 4.25. The fourth-order valence-corrected chi connectivity index (χ4v) is 2.23. The molecule has 0 spiro atoms. The Morgan fingerprint density at radius 1 is 1.47 bits per heavy atom. The summed E-state index contributed by atoms with van der Waals surface area (Å²) >= 11 is 0. The van der Waals surface area contributed by atoms with Gasteiger partial charge in [-0.1, -0.05) is 0 Å². The lowest BCUT2D eigenvalue weighted by Crippen LogP contribution is -2.35. The van der Waals surface area contributed by atoms with E-state index in [0.29, 0.717) is 18.0 Å². The van der Waals surface area contributed by atoms with E-state index >= 15 is 0 Å². The van der Waals surface area contributed by atoms with E-state index in [-0.39, 0.29) is 16.7 Å². The minimum absolute atomic E-state index is 0.0736. The van der Waals surface area contributed by atoms with Crippen molar-refractivity contribution in [1.29, 1.82) is 0 Å². The van der Waals surface area contributed by atoms with Gasteiger partial charge >= 0.3 is 0 Å². The molecule has 104 valence electrons. The zero-order chi connectivity index (χ0) is 13.7. The Morgan fingerprint density at radius 3 is 2.84 bits per heavy atom. The molecule has 1 fully saturated rings. The summed E-state index contributed by atoms with van der Waals surface area (Å²) in [5.41, 5.74) is 0.643. The van der Waals surface area contributed by atoms with Crippen LogP contribution in [-0.4, -0.2) is 30.7 Å². The van der Waals surface area contributed by atoms with Gasteiger partial charge < -0.3 is 15.4 Å². The number of hydrogen-bond acceptors (Lipinski definition) is 5. The molecular formula is C13H19N3O3. The maximum atomic E-state index is 11.1. The normalized spacial score (nSPS) is 16.1. The van der Waals surface area contributed by atoms with Crippen molar-refractivity contribution < 1.29 is 9.66 Å². The number of anilines is 1. The van der Waals surface area contributed by atoms with Gasteiger partial charge in [-0.15, -0.1) is 0 Å². The molecule has 1 saturated heterocycles. The van der Waals surface area contributed by atoms with Crippen molar-refractivity contribution in [2.45, 2.75) is 25.8 Å². The van der Waals surface area contributed by atoms with Crippen molar-refractivity contribution in [3.05, 3.63) is 28.3 Å². The van der Waals surface area contributed by atoms with Crippen LogP contribution >= 0.6 is 0 Å². The Morgan fingerprint density at radius 2 is 2.21 bits per heavy atom. The van der Waals surface area contributed by atoms with Crippen molar-refractivity contribution in [1.82, 2.24) is 5.32 Å². The average Bonchev–Trinajstić information content (AvgIpc) is 2.42. The fraction of sp³-hybridized carbons (Fsp3) is 0.538. The van der Waals surface area contributed by atoms with Gasteiger partial charge in [-0.2, -0.15) is 0 Å². The first-order valence-corrected chi connectivity index (χ1v) is 6.59. The second-order valence-electron chi connectivity index (χ2n) is 4.54. The fourth-order valence-electron chi connectivity index (χ4n) is 2.23. The van der Waals surface area contributed by atoms with Gasteiger partial charge in [0.1, 0.15) is 11.4 Å². The SMILES string of the molecule is CCOc1ccc(NC2CCNCC2)c([N+](=O)[O-])c1. The molecule has 2 rings (SSSR count). The van der Waals surface area contributed by atoms with Crippen molar-refractivity contribution >= 4 is 11.4 Å². The van der Waals surface area contributed by atoms with Crippen LogP contribution in [0.15, 0.2) is 18.2 Å². The predicted octanol–water partition coefficient (Wildman–Crippen LogP) is 2.16. The van der Waals surface area contributed by atoms with Gasteiger partial charge in [-0.25, -0.2) is 0 Å². The molecular weight excluding hydrogens is 246 g/mol. The van der Waals surface area contributed by atoms with Crippen molar-refractivity contribution in [2.75, 3.05) is 25.0 Å². The van der Waals surface area contributed by atoms with Crippen LogP contribution in [0.25, 0.3) is 0 Å². The summed E-state index contributed by atoms with van der Waals surface area (Å²) in [6.07, 6.45) is 1.95. The van der Waals surface area contributed by atoms with Crippen LogP contribution in [0.2, 0.25) is 0 Å². The van der Waals surface area contributed by atoms with Crippen molar-refractivity contribution in [2.24, 2.45) is 0 Å². The van der Waals surface area contributed by atoms with Gasteiger partial charge in [0, 0.05) is 6.04 Å². The second kappa shape index (κ2) is 6.38. The smallest absolute Gasteiger partial charge is 0.296 e. The summed E-state index contributed by atoms with van der Waals surface area (Å²) in [5.74, 6) is 0.532. The van der Waals surface area contributed by atoms with Gasteiger partial charge in [-0.05, 0) is 45.0 Å². The molecule has 0 atom stereocenters. The zero-order valence-corrected chi connectivity index (χ0v) is 11.0. The summed E-state index contributed by atoms with van der Waals surface area (Å²) in [6, 6.07) is 5.26. The maximum absolute atomic E-state index is 11.1. The number of nitrogens with zero attached hydrogens (tertiary/aromatic N) is 1. The van der Waals surface area contributed by atoms with Crippen LogP contribution in [0, 0.1) is 10.1 Å². The van der Waals surface area contributed by atoms with E-state index in [0.717, 1.165) is 25.9 Å². The third-order valence-electron chi connectivity index (χ3n) is 3.18.